The molecule has 18 heavy (non-hydrogen) atoms. The van der Waals surface area contributed by atoms with Crippen LogP contribution in [0.2, 0.25) is 0 Å². The molecule has 0 fully saturated rings. The molecule has 0 saturated carbocycles. The van der Waals surface area contributed by atoms with Crippen molar-refractivity contribution in [1.29, 1.82) is 10.5 Å². The fourth-order valence-electron chi connectivity index (χ4n) is 1.20. The molecule has 5 nitrogen and oxygen atoms in total. The summed E-state index contributed by atoms with van der Waals surface area (Å²) >= 11 is 0. The minimum Gasteiger partial charge on any atom is -0.437 e. The van der Waals surface area contributed by atoms with Crippen molar-refractivity contribution in [3.05, 3.63) is 47.7 Å². The molecular weight excluding hydrogens is 235 g/mol. The largest absolute Gasteiger partial charge is 0.437 e. The van der Waals surface area contributed by atoms with Gasteiger partial charge in [-0.05, 0) is 12.1 Å². The third-order valence-corrected chi connectivity index (χ3v) is 2.03. The normalized spacial score (nSPS) is 9.28. The van der Waals surface area contributed by atoms with Gasteiger partial charge in [0.2, 0.25) is 5.88 Å². The zero-order valence-corrected chi connectivity index (χ0v) is 8.96. The average molecular weight is 240 g/mol. The first-order valence-corrected chi connectivity index (χ1v) is 4.82. The molecule has 0 radical (unpaired) electrons. The summed E-state index contributed by atoms with van der Waals surface area (Å²) in [5, 5.41) is 17.1. The zero-order chi connectivity index (χ0) is 13.0. The summed E-state index contributed by atoms with van der Waals surface area (Å²) in [7, 11) is 0. The van der Waals surface area contributed by atoms with Gasteiger partial charge in [-0.2, -0.15) is 10.5 Å². The number of nitrogens with zero attached hydrogens (tertiary/aromatic N) is 4. The lowest BCUT2D eigenvalue weighted by atomic mass is 10.2. The lowest BCUT2D eigenvalue weighted by Crippen LogP contribution is -1.92. The SMILES string of the molecule is N#Cc1cnc(Oc2ccc(C#N)c(F)c2)cn1. The van der Waals surface area contributed by atoms with Crippen molar-refractivity contribution in [2.75, 3.05) is 0 Å². The molecule has 0 bridgehead atoms. The Morgan fingerprint density at radius 2 is 1.94 bits per heavy atom. The van der Waals surface area contributed by atoms with E-state index in [9.17, 15) is 4.39 Å². The minimum atomic E-state index is -0.670. The first-order valence-electron chi connectivity index (χ1n) is 4.82. The van der Waals surface area contributed by atoms with Gasteiger partial charge in [-0.15, -0.1) is 0 Å². The third-order valence-electron chi connectivity index (χ3n) is 2.03. The summed E-state index contributed by atoms with van der Waals surface area (Å²) in [5.74, 6) is -0.333. The van der Waals surface area contributed by atoms with Crippen molar-refractivity contribution in [1.82, 2.24) is 9.97 Å². The highest BCUT2D eigenvalue weighted by atomic mass is 19.1. The molecule has 2 aromatic rings. The smallest absolute Gasteiger partial charge is 0.237 e. The summed E-state index contributed by atoms with van der Waals surface area (Å²) in [5.41, 5.74) is 0.0987. The van der Waals surface area contributed by atoms with Gasteiger partial charge in [0.1, 0.15) is 23.7 Å². The molecular formula is C12H5FN4O. The molecule has 1 aromatic carbocycles. The molecule has 0 aliphatic rings. The van der Waals surface area contributed by atoms with E-state index >= 15 is 0 Å². The minimum absolute atomic E-state index is 0.0618. The number of rotatable bonds is 2. The van der Waals surface area contributed by atoms with Crippen LogP contribution in [0.3, 0.4) is 0 Å². The van der Waals surface area contributed by atoms with E-state index in [1.165, 1.54) is 24.5 Å². The number of benzene rings is 1. The Hall–Kier alpha value is -2.99. The average Bonchev–Trinajstić information content (AvgIpc) is 2.40. The highest BCUT2D eigenvalue weighted by Crippen LogP contribution is 2.21. The van der Waals surface area contributed by atoms with Crippen LogP contribution in [0.1, 0.15) is 11.3 Å². The van der Waals surface area contributed by atoms with Crippen LogP contribution in [0, 0.1) is 28.5 Å². The predicted octanol–water partition coefficient (Wildman–Crippen LogP) is 2.15. The topological polar surface area (TPSA) is 82.6 Å². The highest BCUT2D eigenvalue weighted by molar-refractivity contribution is 5.37. The van der Waals surface area contributed by atoms with Gasteiger partial charge in [0.25, 0.3) is 0 Å². The maximum Gasteiger partial charge on any atom is 0.237 e. The third kappa shape index (κ3) is 2.39. The Kier molecular flexibility index (Phi) is 3.13. The molecule has 0 aliphatic carbocycles. The van der Waals surface area contributed by atoms with E-state index < -0.39 is 5.82 Å². The van der Waals surface area contributed by atoms with E-state index in [1.807, 2.05) is 6.07 Å². The number of ether oxygens (including phenoxy) is 1. The second-order valence-electron chi connectivity index (χ2n) is 3.21. The van der Waals surface area contributed by atoms with Crippen LogP contribution < -0.4 is 4.74 Å². The van der Waals surface area contributed by atoms with Crippen molar-refractivity contribution in [2.45, 2.75) is 0 Å². The number of halogens is 1. The summed E-state index contributed by atoms with van der Waals surface area (Å²) in [4.78, 5) is 7.58. The number of hydrogen-bond donors (Lipinski definition) is 0. The molecule has 0 unspecified atom stereocenters. The van der Waals surface area contributed by atoms with E-state index in [2.05, 4.69) is 9.97 Å². The first kappa shape index (κ1) is 11.5. The summed E-state index contributed by atoms with van der Waals surface area (Å²) in [6.07, 6.45) is 2.50. The van der Waals surface area contributed by atoms with Crippen LogP contribution in [0.15, 0.2) is 30.6 Å². The Morgan fingerprint density at radius 3 is 2.50 bits per heavy atom. The van der Waals surface area contributed by atoms with Gasteiger partial charge in [0.15, 0.2) is 5.69 Å². The second kappa shape index (κ2) is 4.89. The van der Waals surface area contributed by atoms with Crippen LogP contribution in [0.4, 0.5) is 4.39 Å². The van der Waals surface area contributed by atoms with E-state index in [1.54, 1.807) is 6.07 Å². The molecule has 0 saturated heterocycles. The summed E-state index contributed by atoms with van der Waals surface area (Å²) < 4.78 is 18.5. The molecule has 0 atom stereocenters. The summed E-state index contributed by atoms with van der Waals surface area (Å²) in [6, 6.07) is 7.36. The van der Waals surface area contributed by atoms with Crippen LogP contribution in [-0.2, 0) is 0 Å². The molecule has 0 aliphatic heterocycles. The fourth-order valence-corrected chi connectivity index (χ4v) is 1.20. The van der Waals surface area contributed by atoms with Gasteiger partial charge in [-0.25, -0.2) is 14.4 Å². The lowest BCUT2D eigenvalue weighted by Gasteiger charge is -2.04. The number of hydrogen-bond acceptors (Lipinski definition) is 5. The maximum atomic E-state index is 13.3. The van der Waals surface area contributed by atoms with Crippen molar-refractivity contribution >= 4 is 0 Å². The zero-order valence-electron chi connectivity index (χ0n) is 8.96. The predicted molar refractivity (Wildman–Crippen MR) is 57.9 cm³/mol. The first-order chi connectivity index (χ1) is 8.72. The maximum absolute atomic E-state index is 13.3. The molecule has 0 amide bonds. The van der Waals surface area contributed by atoms with Crippen LogP contribution >= 0.6 is 0 Å². The Balaban J connectivity index is 2.21. The molecule has 86 valence electrons. The standard InChI is InChI=1S/C12H5FN4O/c13-11-3-10(2-1-8(11)4-14)18-12-7-16-9(5-15)6-17-12/h1-3,6-7H. The van der Waals surface area contributed by atoms with Crippen LogP contribution in [-0.4, -0.2) is 9.97 Å². The van der Waals surface area contributed by atoms with E-state index in [-0.39, 0.29) is 22.9 Å². The van der Waals surface area contributed by atoms with Crippen LogP contribution in [0.25, 0.3) is 0 Å². The van der Waals surface area contributed by atoms with Gasteiger partial charge in [-0.1, -0.05) is 0 Å². The number of nitriles is 2. The molecule has 0 spiro atoms. The Morgan fingerprint density at radius 1 is 1.11 bits per heavy atom. The van der Waals surface area contributed by atoms with Gasteiger partial charge >= 0.3 is 0 Å². The van der Waals surface area contributed by atoms with Gasteiger partial charge in [0, 0.05) is 6.07 Å². The monoisotopic (exact) mass is 240 g/mol. The molecule has 1 heterocycles. The quantitative estimate of drug-likeness (QED) is 0.803. The van der Waals surface area contributed by atoms with Crippen molar-refractivity contribution in [2.24, 2.45) is 0 Å². The fraction of sp³-hybridized carbons (Fsp3) is 0. The Bertz CT molecular complexity index is 655. The lowest BCUT2D eigenvalue weighted by molar-refractivity contribution is 0.455. The molecule has 0 N–H and O–H groups in total. The number of aromatic nitrogens is 2. The van der Waals surface area contributed by atoms with Crippen molar-refractivity contribution in [3.63, 3.8) is 0 Å². The van der Waals surface area contributed by atoms with Gasteiger partial charge < -0.3 is 4.74 Å². The second-order valence-corrected chi connectivity index (χ2v) is 3.21. The van der Waals surface area contributed by atoms with Gasteiger partial charge in [-0.3, -0.25) is 0 Å². The van der Waals surface area contributed by atoms with Crippen molar-refractivity contribution < 1.29 is 9.13 Å². The van der Waals surface area contributed by atoms with Crippen LogP contribution in [0.5, 0.6) is 11.6 Å². The van der Waals surface area contributed by atoms with E-state index in [0.29, 0.717) is 0 Å². The van der Waals surface area contributed by atoms with E-state index in [0.717, 1.165) is 6.07 Å². The molecule has 2 rings (SSSR count). The molecule has 6 heteroatoms. The Labute approximate surface area is 102 Å². The van der Waals surface area contributed by atoms with Crippen molar-refractivity contribution in [3.8, 4) is 23.8 Å². The summed E-state index contributed by atoms with van der Waals surface area (Å²) in [6.45, 7) is 0. The van der Waals surface area contributed by atoms with E-state index in [4.69, 9.17) is 15.3 Å². The molecule has 1 aromatic heterocycles. The highest BCUT2D eigenvalue weighted by Gasteiger charge is 2.05. The van der Waals surface area contributed by atoms with Gasteiger partial charge in [0.05, 0.1) is 18.0 Å².